The van der Waals surface area contributed by atoms with Crippen molar-refractivity contribution in [2.45, 2.75) is 58.2 Å². The standard InChI is InChI=1S/C14H23BrN4O/c1-9(2)8-19-14(20)13(15)12(7-17-19)18-11-5-3-10(16)4-6-11/h7,9-11,18H,3-6,8,16H2,1-2H3. The number of rotatable bonds is 4. The van der Waals surface area contributed by atoms with E-state index < -0.39 is 0 Å². The molecule has 1 heterocycles. The molecule has 0 spiro atoms. The van der Waals surface area contributed by atoms with E-state index in [2.05, 4.69) is 40.2 Å². The van der Waals surface area contributed by atoms with Crippen LogP contribution in [0.3, 0.4) is 0 Å². The molecule has 20 heavy (non-hydrogen) atoms. The molecule has 1 aliphatic carbocycles. The second-order valence-electron chi connectivity index (χ2n) is 6.01. The van der Waals surface area contributed by atoms with E-state index in [0.29, 0.717) is 29.0 Å². The lowest BCUT2D eigenvalue weighted by Gasteiger charge is -2.27. The molecule has 0 radical (unpaired) electrons. The van der Waals surface area contributed by atoms with Crippen LogP contribution >= 0.6 is 15.9 Å². The minimum Gasteiger partial charge on any atom is -0.380 e. The minimum atomic E-state index is -0.0730. The highest BCUT2D eigenvalue weighted by Gasteiger charge is 2.20. The summed E-state index contributed by atoms with van der Waals surface area (Å²) in [5.41, 5.74) is 6.62. The van der Waals surface area contributed by atoms with Gasteiger partial charge >= 0.3 is 0 Å². The molecular weight excluding hydrogens is 320 g/mol. The van der Waals surface area contributed by atoms with E-state index in [4.69, 9.17) is 5.73 Å². The Morgan fingerprint density at radius 2 is 2.10 bits per heavy atom. The predicted molar refractivity (Wildman–Crippen MR) is 84.9 cm³/mol. The average Bonchev–Trinajstić information content (AvgIpc) is 2.40. The first-order chi connectivity index (χ1) is 9.47. The SMILES string of the molecule is CC(C)Cn1ncc(NC2CCC(N)CC2)c(Br)c1=O. The third kappa shape index (κ3) is 3.82. The van der Waals surface area contributed by atoms with Gasteiger partial charge in [-0.1, -0.05) is 13.8 Å². The van der Waals surface area contributed by atoms with Gasteiger partial charge in [-0.15, -0.1) is 0 Å². The molecule has 3 N–H and O–H groups in total. The lowest BCUT2D eigenvalue weighted by atomic mass is 9.92. The van der Waals surface area contributed by atoms with E-state index in [-0.39, 0.29) is 5.56 Å². The number of aromatic nitrogens is 2. The fourth-order valence-electron chi connectivity index (χ4n) is 2.53. The van der Waals surface area contributed by atoms with Crippen molar-refractivity contribution in [1.82, 2.24) is 9.78 Å². The highest BCUT2D eigenvalue weighted by atomic mass is 79.9. The molecule has 6 heteroatoms. The van der Waals surface area contributed by atoms with Crippen LogP contribution in [0.4, 0.5) is 5.69 Å². The lowest BCUT2D eigenvalue weighted by Crippen LogP contribution is -2.34. The van der Waals surface area contributed by atoms with Gasteiger partial charge in [0.15, 0.2) is 0 Å². The quantitative estimate of drug-likeness (QED) is 0.880. The van der Waals surface area contributed by atoms with Crippen molar-refractivity contribution in [1.29, 1.82) is 0 Å². The van der Waals surface area contributed by atoms with Gasteiger partial charge < -0.3 is 11.1 Å². The highest BCUT2D eigenvalue weighted by Crippen LogP contribution is 2.24. The van der Waals surface area contributed by atoms with Crippen LogP contribution in [0.1, 0.15) is 39.5 Å². The summed E-state index contributed by atoms with van der Waals surface area (Å²) >= 11 is 3.40. The van der Waals surface area contributed by atoms with Crippen molar-refractivity contribution in [2.75, 3.05) is 5.32 Å². The molecule has 1 aliphatic rings. The van der Waals surface area contributed by atoms with E-state index in [0.717, 1.165) is 31.4 Å². The van der Waals surface area contributed by atoms with Crippen LogP contribution in [0.5, 0.6) is 0 Å². The molecule has 0 aliphatic heterocycles. The molecule has 0 unspecified atom stereocenters. The normalized spacial score (nSPS) is 23.1. The molecular formula is C14H23BrN4O. The van der Waals surface area contributed by atoms with Gasteiger partial charge in [-0.25, -0.2) is 4.68 Å². The monoisotopic (exact) mass is 342 g/mol. The van der Waals surface area contributed by atoms with Crippen LogP contribution in [-0.2, 0) is 6.54 Å². The van der Waals surface area contributed by atoms with Crippen molar-refractivity contribution in [3.05, 3.63) is 21.0 Å². The Labute approximate surface area is 128 Å². The summed E-state index contributed by atoms with van der Waals surface area (Å²) in [6.45, 7) is 4.77. The van der Waals surface area contributed by atoms with Crippen LogP contribution < -0.4 is 16.6 Å². The smallest absolute Gasteiger partial charge is 0.283 e. The van der Waals surface area contributed by atoms with E-state index >= 15 is 0 Å². The molecule has 2 rings (SSSR count). The number of anilines is 1. The first-order valence-electron chi connectivity index (χ1n) is 7.25. The summed E-state index contributed by atoms with van der Waals surface area (Å²) in [4.78, 5) is 12.2. The van der Waals surface area contributed by atoms with Crippen LogP contribution in [0.25, 0.3) is 0 Å². The molecule has 1 aromatic rings. The Kier molecular flexibility index (Phi) is 5.21. The first kappa shape index (κ1) is 15.5. The highest BCUT2D eigenvalue weighted by molar-refractivity contribution is 9.10. The van der Waals surface area contributed by atoms with Gasteiger partial charge in [0, 0.05) is 18.6 Å². The summed E-state index contributed by atoms with van der Waals surface area (Å²) in [7, 11) is 0. The van der Waals surface area contributed by atoms with Crippen LogP contribution in [0, 0.1) is 5.92 Å². The first-order valence-corrected chi connectivity index (χ1v) is 8.04. The lowest BCUT2D eigenvalue weighted by molar-refractivity contribution is 0.410. The molecule has 0 amide bonds. The molecule has 1 aromatic heterocycles. The second kappa shape index (κ2) is 6.72. The van der Waals surface area contributed by atoms with Gasteiger partial charge in [-0.2, -0.15) is 5.10 Å². The van der Waals surface area contributed by atoms with Crippen molar-refractivity contribution < 1.29 is 0 Å². The van der Waals surface area contributed by atoms with Gasteiger partial charge in [-0.05, 0) is 47.5 Å². The van der Waals surface area contributed by atoms with Gasteiger partial charge in [0.2, 0.25) is 0 Å². The third-order valence-corrected chi connectivity index (χ3v) is 4.42. The third-order valence-electron chi connectivity index (χ3n) is 3.65. The summed E-state index contributed by atoms with van der Waals surface area (Å²) in [5.74, 6) is 0.394. The van der Waals surface area contributed by atoms with Gasteiger partial charge in [0.25, 0.3) is 5.56 Å². The fraction of sp³-hybridized carbons (Fsp3) is 0.714. The molecule has 0 atom stereocenters. The van der Waals surface area contributed by atoms with E-state index in [9.17, 15) is 4.79 Å². The van der Waals surface area contributed by atoms with Gasteiger partial charge in [0.05, 0.1) is 11.9 Å². The predicted octanol–water partition coefficient (Wildman–Crippen LogP) is 2.34. The van der Waals surface area contributed by atoms with Crippen molar-refractivity contribution in [2.24, 2.45) is 11.7 Å². The summed E-state index contributed by atoms with van der Waals surface area (Å²) in [6, 6.07) is 0.710. The molecule has 5 nitrogen and oxygen atoms in total. The molecule has 1 saturated carbocycles. The Morgan fingerprint density at radius 1 is 1.45 bits per heavy atom. The van der Waals surface area contributed by atoms with Crippen molar-refractivity contribution >= 4 is 21.6 Å². The van der Waals surface area contributed by atoms with Crippen LogP contribution in [-0.4, -0.2) is 21.9 Å². The maximum atomic E-state index is 12.2. The number of nitrogens with two attached hydrogens (primary N) is 1. The Morgan fingerprint density at radius 3 is 2.70 bits per heavy atom. The van der Waals surface area contributed by atoms with Crippen molar-refractivity contribution in [3.8, 4) is 0 Å². The Hall–Kier alpha value is -0.880. The van der Waals surface area contributed by atoms with Gasteiger partial charge in [0.1, 0.15) is 4.47 Å². The number of nitrogens with zero attached hydrogens (tertiary/aromatic N) is 2. The molecule has 112 valence electrons. The molecule has 1 fully saturated rings. The number of hydrogen-bond acceptors (Lipinski definition) is 4. The maximum absolute atomic E-state index is 12.2. The molecule has 0 saturated heterocycles. The maximum Gasteiger partial charge on any atom is 0.283 e. The minimum absolute atomic E-state index is 0.0730. The number of halogens is 1. The summed E-state index contributed by atoms with van der Waals surface area (Å²) in [6.07, 6.45) is 5.90. The van der Waals surface area contributed by atoms with Crippen molar-refractivity contribution in [3.63, 3.8) is 0 Å². The fourth-order valence-corrected chi connectivity index (χ4v) is 2.95. The van der Waals surface area contributed by atoms with E-state index in [1.165, 1.54) is 4.68 Å². The van der Waals surface area contributed by atoms with E-state index in [1.807, 2.05) is 0 Å². The second-order valence-corrected chi connectivity index (χ2v) is 6.80. The Bertz CT molecular complexity index is 506. The molecule has 0 bridgehead atoms. The summed E-state index contributed by atoms with van der Waals surface area (Å²) < 4.78 is 2.08. The average molecular weight is 343 g/mol. The van der Waals surface area contributed by atoms with Crippen LogP contribution in [0.15, 0.2) is 15.5 Å². The van der Waals surface area contributed by atoms with Gasteiger partial charge in [-0.3, -0.25) is 4.79 Å². The number of hydrogen-bond donors (Lipinski definition) is 2. The molecule has 0 aromatic carbocycles. The summed E-state index contributed by atoms with van der Waals surface area (Å²) in [5, 5.41) is 7.66. The zero-order valence-electron chi connectivity index (χ0n) is 12.1. The Balaban J connectivity index is 2.09. The number of nitrogens with one attached hydrogen (secondary N) is 1. The van der Waals surface area contributed by atoms with E-state index in [1.54, 1.807) is 6.20 Å². The van der Waals surface area contributed by atoms with Crippen LogP contribution in [0.2, 0.25) is 0 Å². The zero-order valence-corrected chi connectivity index (χ0v) is 13.7. The largest absolute Gasteiger partial charge is 0.380 e. The zero-order chi connectivity index (χ0) is 14.7. The topological polar surface area (TPSA) is 72.9 Å².